The van der Waals surface area contributed by atoms with Crippen molar-refractivity contribution in [2.24, 2.45) is 11.7 Å². The predicted molar refractivity (Wildman–Crippen MR) is 67.1 cm³/mol. The number of hydrogen-bond acceptors (Lipinski definition) is 2. The number of nitrogens with zero attached hydrogens (tertiary/aromatic N) is 1. The third-order valence-corrected chi connectivity index (χ3v) is 3.51. The summed E-state index contributed by atoms with van der Waals surface area (Å²) in [6, 6.07) is 0.163. The van der Waals surface area contributed by atoms with Gasteiger partial charge in [0.05, 0.1) is 0 Å². The monoisotopic (exact) mass is 226 g/mol. The van der Waals surface area contributed by atoms with Gasteiger partial charge < -0.3 is 10.6 Å². The molecule has 3 heteroatoms. The van der Waals surface area contributed by atoms with Crippen molar-refractivity contribution in [1.82, 2.24) is 4.90 Å². The maximum Gasteiger partial charge on any atom is 0.223 e. The van der Waals surface area contributed by atoms with Gasteiger partial charge in [0.15, 0.2) is 0 Å². The molecule has 1 heterocycles. The van der Waals surface area contributed by atoms with E-state index >= 15 is 0 Å². The molecule has 0 saturated carbocycles. The Kier molecular flexibility index (Phi) is 4.36. The van der Waals surface area contributed by atoms with Gasteiger partial charge in [-0.25, -0.2) is 0 Å². The van der Waals surface area contributed by atoms with E-state index in [1.54, 1.807) is 0 Å². The molecule has 0 bridgehead atoms. The average Bonchev–Trinajstić information content (AvgIpc) is 2.18. The van der Waals surface area contributed by atoms with Crippen molar-refractivity contribution in [2.45, 2.75) is 65.0 Å². The van der Waals surface area contributed by atoms with Crippen LogP contribution in [0.2, 0.25) is 0 Å². The standard InChI is InChI=1S/C13H26N2O/c1-10(2)5-6-12(16)15-9-11(14)7-8-13(15,3)4/h10-11H,5-9,14H2,1-4H3. The molecule has 0 radical (unpaired) electrons. The van der Waals surface area contributed by atoms with E-state index in [2.05, 4.69) is 27.7 Å². The second kappa shape index (κ2) is 5.17. The lowest BCUT2D eigenvalue weighted by Crippen LogP contribution is -2.56. The van der Waals surface area contributed by atoms with Gasteiger partial charge in [0, 0.05) is 24.5 Å². The van der Waals surface area contributed by atoms with E-state index in [1.165, 1.54) is 0 Å². The van der Waals surface area contributed by atoms with Gasteiger partial charge >= 0.3 is 0 Å². The van der Waals surface area contributed by atoms with E-state index in [-0.39, 0.29) is 17.5 Å². The molecule has 0 aromatic heterocycles. The van der Waals surface area contributed by atoms with Gasteiger partial charge in [-0.05, 0) is 39.0 Å². The van der Waals surface area contributed by atoms with Crippen molar-refractivity contribution in [3.63, 3.8) is 0 Å². The zero-order valence-corrected chi connectivity index (χ0v) is 11.1. The molecule has 1 amide bonds. The molecule has 0 aliphatic carbocycles. The van der Waals surface area contributed by atoms with Crippen LogP contribution >= 0.6 is 0 Å². The normalized spacial score (nSPS) is 24.9. The summed E-state index contributed by atoms with van der Waals surface area (Å²) in [5.41, 5.74) is 5.94. The Balaban J connectivity index is 2.57. The number of rotatable bonds is 3. The van der Waals surface area contributed by atoms with Gasteiger partial charge in [-0.1, -0.05) is 13.8 Å². The van der Waals surface area contributed by atoms with Gasteiger partial charge in [0.1, 0.15) is 0 Å². The van der Waals surface area contributed by atoms with Crippen molar-refractivity contribution in [1.29, 1.82) is 0 Å². The SMILES string of the molecule is CC(C)CCC(=O)N1CC(N)CCC1(C)C. The fourth-order valence-corrected chi connectivity index (χ4v) is 2.23. The number of piperidine rings is 1. The van der Waals surface area contributed by atoms with Gasteiger partial charge in [-0.15, -0.1) is 0 Å². The maximum atomic E-state index is 12.1. The molecule has 1 fully saturated rings. The maximum absolute atomic E-state index is 12.1. The highest BCUT2D eigenvalue weighted by atomic mass is 16.2. The van der Waals surface area contributed by atoms with Crippen LogP contribution in [0, 0.1) is 5.92 Å². The molecular weight excluding hydrogens is 200 g/mol. The summed E-state index contributed by atoms with van der Waals surface area (Å²) in [6.07, 6.45) is 3.68. The molecule has 1 atom stereocenters. The van der Waals surface area contributed by atoms with Crippen LogP contribution in [0.3, 0.4) is 0 Å². The minimum Gasteiger partial charge on any atom is -0.336 e. The second-order valence-electron chi connectivity index (χ2n) is 6.05. The summed E-state index contributed by atoms with van der Waals surface area (Å²) in [4.78, 5) is 14.1. The van der Waals surface area contributed by atoms with Crippen LogP contribution in [0.4, 0.5) is 0 Å². The van der Waals surface area contributed by atoms with Crippen molar-refractivity contribution in [3.05, 3.63) is 0 Å². The minimum atomic E-state index is -0.00999. The topological polar surface area (TPSA) is 46.3 Å². The molecule has 0 spiro atoms. The number of carbonyl (C=O) groups is 1. The van der Waals surface area contributed by atoms with Crippen LogP contribution < -0.4 is 5.73 Å². The Morgan fingerprint density at radius 2 is 2.12 bits per heavy atom. The molecule has 1 saturated heterocycles. The summed E-state index contributed by atoms with van der Waals surface area (Å²) in [5, 5.41) is 0. The third-order valence-electron chi connectivity index (χ3n) is 3.51. The smallest absolute Gasteiger partial charge is 0.223 e. The van der Waals surface area contributed by atoms with Gasteiger partial charge in [-0.3, -0.25) is 4.79 Å². The molecule has 1 rings (SSSR count). The fourth-order valence-electron chi connectivity index (χ4n) is 2.23. The summed E-state index contributed by atoms with van der Waals surface area (Å²) in [5.74, 6) is 0.861. The van der Waals surface area contributed by atoms with Crippen LogP contribution in [0.25, 0.3) is 0 Å². The lowest BCUT2D eigenvalue weighted by molar-refractivity contribution is -0.139. The van der Waals surface area contributed by atoms with Crippen LogP contribution in [0.15, 0.2) is 0 Å². The lowest BCUT2D eigenvalue weighted by atomic mass is 9.88. The van der Waals surface area contributed by atoms with Crippen LogP contribution in [0.5, 0.6) is 0 Å². The van der Waals surface area contributed by atoms with Crippen molar-refractivity contribution < 1.29 is 4.79 Å². The van der Waals surface area contributed by atoms with E-state index < -0.39 is 0 Å². The van der Waals surface area contributed by atoms with Crippen molar-refractivity contribution in [3.8, 4) is 0 Å². The summed E-state index contributed by atoms with van der Waals surface area (Å²) in [7, 11) is 0. The zero-order valence-electron chi connectivity index (χ0n) is 11.1. The first-order valence-electron chi connectivity index (χ1n) is 6.39. The van der Waals surface area contributed by atoms with Crippen LogP contribution in [0.1, 0.15) is 53.4 Å². The zero-order chi connectivity index (χ0) is 12.3. The van der Waals surface area contributed by atoms with Gasteiger partial charge in [0.25, 0.3) is 0 Å². The first-order chi connectivity index (χ1) is 7.33. The third kappa shape index (κ3) is 3.48. The number of amides is 1. The summed E-state index contributed by atoms with van der Waals surface area (Å²) < 4.78 is 0. The predicted octanol–water partition coefficient (Wildman–Crippen LogP) is 2.15. The fraction of sp³-hybridized carbons (Fsp3) is 0.923. The van der Waals surface area contributed by atoms with E-state index in [4.69, 9.17) is 5.73 Å². The summed E-state index contributed by atoms with van der Waals surface area (Å²) in [6.45, 7) is 9.32. The van der Waals surface area contributed by atoms with Gasteiger partial charge in [0.2, 0.25) is 5.91 Å². The highest BCUT2D eigenvalue weighted by molar-refractivity contribution is 5.77. The number of likely N-dealkylation sites (tertiary alicyclic amines) is 1. The minimum absolute atomic E-state index is 0.00999. The lowest BCUT2D eigenvalue weighted by Gasteiger charge is -2.45. The van der Waals surface area contributed by atoms with Gasteiger partial charge in [-0.2, -0.15) is 0 Å². The Morgan fingerprint density at radius 3 is 2.69 bits per heavy atom. The Bertz CT molecular complexity index is 248. The number of carbonyl (C=O) groups excluding carboxylic acids is 1. The molecule has 1 aliphatic heterocycles. The first kappa shape index (κ1) is 13.5. The molecule has 2 N–H and O–H groups in total. The van der Waals surface area contributed by atoms with Crippen molar-refractivity contribution >= 4 is 5.91 Å². The van der Waals surface area contributed by atoms with Crippen molar-refractivity contribution in [2.75, 3.05) is 6.54 Å². The van der Waals surface area contributed by atoms with Crippen LogP contribution in [-0.4, -0.2) is 28.9 Å². The largest absolute Gasteiger partial charge is 0.336 e. The molecule has 16 heavy (non-hydrogen) atoms. The molecule has 0 aromatic carbocycles. The molecular formula is C13H26N2O. The highest BCUT2D eigenvalue weighted by Crippen LogP contribution is 2.27. The molecule has 0 aromatic rings. The molecule has 3 nitrogen and oxygen atoms in total. The van der Waals surface area contributed by atoms with E-state index in [1.807, 2.05) is 4.90 Å². The highest BCUT2D eigenvalue weighted by Gasteiger charge is 2.35. The van der Waals surface area contributed by atoms with E-state index in [9.17, 15) is 4.79 Å². The van der Waals surface area contributed by atoms with E-state index in [0.29, 0.717) is 12.3 Å². The first-order valence-corrected chi connectivity index (χ1v) is 6.39. The molecule has 1 aliphatic rings. The molecule has 1 unspecified atom stereocenters. The number of nitrogens with two attached hydrogens (primary N) is 1. The Morgan fingerprint density at radius 1 is 1.50 bits per heavy atom. The molecule has 94 valence electrons. The quantitative estimate of drug-likeness (QED) is 0.801. The average molecular weight is 226 g/mol. The second-order valence-corrected chi connectivity index (χ2v) is 6.05. The number of hydrogen-bond donors (Lipinski definition) is 1. The Hall–Kier alpha value is -0.570. The Labute approximate surface area is 99.4 Å². The van der Waals surface area contributed by atoms with E-state index in [0.717, 1.165) is 25.8 Å². The van der Waals surface area contributed by atoms with Crippen LogP contribution in [-0.2, 0) is 4.79 Å². The summed E-state index contributed by atoms with van der Waals surface area (Å²) >= 11 is 0.